The number of halogens is 1. The van der Waals surface area contributed by atoms with E-state index in [4.69, 9.17) is 15.2 Å². The van der Waals surface area contributed by atoms with Crippen LogP contribution in [0.5, 0.6) is 5.75 Å². The standard InChI is InChI=1S/C20H28FN3O4/c21-15-3-5-17(6-4-15)27-13-18-12-24(20(26)14-28-18)16-7-10-23(11-8-16)19(25)2-1-9-22/h3-6,16,18H,1-2,7-14,22H2. The Morgan fingerprint density at radius 1 is 1.25 bits per heavy atom. The fourth-order valence-corrected chi connectivity index (χ4v) is 3.66. The number of carbonyl (C=O) groups is 2. The van der Waals surface area contributed by atoms with E-state index in [9.17, 15) is 14.0 Å². The monoisotopic (exact) mass is 393 g/mol. The van der Waals surface area contributed by atoms with E-state index in [0.717, 1.165) is 12.8 Å². The summed E-state index contributed by atoms with van der Waals surface area (Å²) in [7, 11) is 0. The predicted molar refractivity (Wildman–Crippen MR) is 101 cm³/mol. The Morgan fingerprint density at radius 3 is 2.64 bits per heavy atom. The van der Waals surface area contributed by atoms with Crippen LogP contribution in [0, 0.1) is 5.82 Å². The number of hydrogen-bond acceptors (Lipinski definition) is 5. The Hall–Kier alpha value is -2.19. The summed E-state index contributed by atoms with van der Waals surface area (Å²) in [6.45, 7) is 2.64. The van der Waals surface area contributed by atoms with E-state index in [1.54, 1.807) is 12.1 Å². The van der Waals surface area contributed by atoms with Crippen molar-refractivity contribution in [2.45, 2.75) is 37.8 Å². The molecule has 2 fully saturated rings. The Bertz CT molecular complexity index is 662. The van der Waals surface area contributed by atoms with Gasteiger partial charge in [-0.25, -0.2) is 4.39 Å². The van der Waals surface area contributed by atoms with Gasteiger partial charge >= 0.3 is 0 Å². The van der Waals surface area contributed by atoms with Crippen molar-refractivity contribution in [2.24, 2.45) is 5.73 Å². The highest BCUT2D eigenvalue weighted by atomic mass is 19.1. The summed E-state index contributed by atoms with van der Waals surface area (Å²) in [5.74, 6) is 0.373. The van der Waals surface area contributed by atoms with Crippen molar-refractivity contribution in [2.75, 3.05) is 39.4 Å². The fraction of sp³-hybridized carbons (Fsp3) is 0.600. The average molecular weight is 393 g/mol. The van der Waals surface area contributed by atoms with Gasteiger partial charge in [0.25, 0.3) is 0 Å². The number of amides is 2. The second-order valence-corrected chi connectivity index (χ2v) is 7.25. The minimum Gasteiger partial charge on any atom is -0.491 e. The first-order valence-electron chi connectivity index (χ1n) is 9.84. The van der Waals surface area contributed by atoms with Crippen LogP contribution in [-0.4, -0.2) is 73.2 Å². The van der Waals surface area contributed by atoms with E-state index in [0.29, 0.717) is 51.4 Å². The van der Waals surface area contributed by atoms with Gasteiger partial charge in [0.15, 0.2) is 0 Å². The second kappa shape index (κ2) is 9.84. The summed E-state index contributed by atoms with van der Waals surface area (Å²) in [5, 5.41) is 0. The molecule has 8 heteroatoms. The van der Waals surface area contributed by atoms with Gasteiger partial charge in [-0.15, -0.1) is 0 Å². The number of likely N-dealkylation sites (tertiary alicyclic amines) is 1. The molecule has 2 aliphatic heterocycles. The highest BCUT2D eigenvalue weighted by Gasteiger charge is 2.34. The predicted octanol–water partition coefficient (Wildman–Crippen LogP) is 1.16. The van der Waals surface area contributed by atoms with E-state index in [-0.39, 0.29) is 36.4 Å². The molecule has 0 radical (unpaired) electrons. The van der Waals surface area contributed by atoms with Crippen LogP contribution in [-0.2, 0) is 14.3 Å². The summed E-state index contributed by atoms with van der Waals surface area (Å²) in [6.07, 6.45) is 2.50. The maximum atomic E-state index is 13.0. The third kappa shape index (κ3) is 5.42. The number of carbonyl (C=O) groups excluding carboxylic acids is 2. The van der Waals surface area contributed by atoms with E-state index < -0.39 is 0 Å². The summed E-state index contributed by atoms with van der Waals surface area (Å²) in [5.41, 5.74) is 5.47. The van der Waals surface area contributed by atoms with Gasteiger partial charge in [-0.3, -0.25) is 9.59 Å². The van der Waals surface area contributed by atoms with E-state index in [1.165, 1.54) is 12.1 Å². The molecule has 2 saturated heterocycles. The van der Waals surface area contributed by atoms with Crippen LogP contribution in [0.1, 0.15) is 25.7 Å². The molecule has 3 rings (SSSR count). The largest absolute Gasteiger partial charge is 0.491 e. The zero-order valence-electron chi connectivity index (χ0n) is 16.0. The molecule has 28 heavy (non-hydrogen) atoms. The van der Waals surface area contributed by atoms with Crippen LogP contribution >= 0.6 is 0 Å². The van der Waals surface area contributed by atoms with Crippen LogP contribution in [0.15, 0.2) is 24.3 Å². The van der Waals surface area contributed by atoms with Crippen molar-refractivity contribution in [3.05, 3.63) is 30.1 Å². The third-order valence-corrected chi connectivity index (χ3v) is 5.27. The Morgan fingerprint density at radius 2 is 1.96 bits per heavy atom. The molecule has 2 heterocycles. The molecule has 154 valence electrons. The number of nitrogens with zero attached hydrogens (tertiary/aromatic N) is 2. The summed E-state index contributed by atoms with van der Waals surface area (Å²) >= 11 is 0. The summed E-state index contributed by atoms with van der Waals surface area (Å²) in [4.78, 5) is 28.2. The Balaban J connectivity index is 1.47. The van der Waals surface area contributed by atoms with Gasteiger partial charge in [0.2, 0.25) is 11.8 Å². The van der Waals surface area contributed by atoms with Crippen LogP contribution in [0.2, 0.25) is 0 Å². The highest BCUT2D eigenvalue weighted by molar-refractivity contribution is 5.79. The average Bonchev–Trinajstić information content (AvgIpc) is 2.72. The number of nitrogens with two attached hydrogens (primary N) is 1. The van der Waals surface area contributed by atoms with E-state index >= 15 is 0 Å². The van der Waals surface area contributed by atoms with Gasteiger partial charge in [-0.05, 0) is 50.1 Å². The minimum absolute atomic E-state index is 0.0223. The van der Waals surface area contributed by atoms with Gasteiger partial charge in [-0.2, -0.15) is 0 Å². The van der Waals surface area contributed by atoms with Crippen molar-refractivity contribution in [1.82, 2.24) is 9.80 Å². The molecule has 0 aromatic heterocycles. The van der Waals surface area contributed by atoms with Gasteiger partial charge in [0.1, 0.15) is 30.9 Å². The number of hydrogen-bond donors (Lipinski definition) is 1. The first-order valence-corrected chi connectivity index (χ1v) is 9.84. The molecule has 2 aliphatic rings. The molecule has 1 atom stereocenters. The lowest BCUT2D eigenvalue weighted by molar-refractivity contribution is -0.155. The topological polar surface area (TPSA) is 85.1 Å². The van der Waals surface area contributed by atoms with Crippen molar-refractivity contribution in [1.29, 1.82) is 0 Å². The number of piperidine rings is 1. The number of ether oxygens (including phenoxy) is 2. The fourth-order valence-electron chi connectivity index (χ4n) is 3.66. The lowest BCUT2D eigenvalue weighted by Gasteiger charge is -2.42. The molecule has 0 saturated carbocycles. The normalized spacial score (nSPS) is 21.1. The van der Waals surface area contributed by atoms with Gasteiger partial charge in [-0.1, -0.05) is 0 Å². The maximum absolute atomic E-state index is 13.0. The van der Waals surface area contributed by atoms with Crippen molar-refractivity contribution in [3.63, 3.8) is 0 Å². The van der Waals surface area contributed by atoms with E-state index in [2.05, 4.69) is 0 Å². The van der Waals surface area contributed by atoms with Gasteiger partial charge < -0.3 is 25.0 Å². The third-order valence-electron chi connectivity index (χ3n) is 5.27. The highest BCUT2D eigenvalue weighted by Crippen LogP contribution is 2.21. The van der Waals surface area contributed by atoms with Gasteiger partial charge in [0.05, 0.1) is 6.54 Å². The van der Waals surface area contributed by atoms with Crippen molar-refractivity contribution < 1.29 is 23.5 Å². The molecule has 7 nitrogen and oxygen atoms in total. The number of rotatable bonds is 7. The van der Waals surface area contributed by atoms with Crippen LogP contribution < -0.4 is 10.5 Å². The number of benzene rings is 1. The molecule has 1 unspecified atom stereocenters. The van der Waals surface area contributed by atoms with Gasteiger partial charge in [0, 0.05) is 25.6 Å². The SMILES string of the molecule is NCCCC(=O)N1CCC(N2CC(COc3ccc(F)cc3)OCC2=O)CC1. The molecular formula is C20H28FN3O4. The van der Waals surface area contributed by atoms with Crippen molar-refractivity contribution in [3.8, 4) is 5.75 Å². The molecule has 2 amide bonds. The molecular weight excluding hydrogens is 365 g/mol. The maximum Gasteiger partial charge on any atom is 0.248 e. The smallest absolute Gasteiger partial charge is 0.248 e. The molecule has 0 bridgehead atoms. The first-order chi connectivity index (χ1) is 13.6. The first kappa shape index (κ1) is 20.5. The molecule has 2 N–H and O–H groups in total. The van der Waals surface area contributed by atoms with E-state index in [1.807, 2.05) is 9.80 Å². The zero-order chi connectivity index (χ0) is 19.9. The minimum atomic E-state index is -0.314. The van der Waals surface area contributed by atoms with Crippen molar-refractivity contribution >= 4 is 11.8 Å². The zero-order valence-corrected chi connectivity index (χ0v) is 16.0. The van der Waals surface area contributed by atoms with Crippen LogP contribution in [0.3, 0.4) is 0 Å². The summed E-state index contributed by atoms with van der Waals surface area (Å²) < 4.78 is 24.2. The molecule has 0 aliphatic carbocycles. The quantitative estimate of drug-likeness (QED) is 0.752. The second-order valence-electron chi connectivity index (χ2n) is 7.25. The lowest BCUT2D eigenvalue weighted by atomic mass is 10.0. The van der Waals surface area contributed by atoms with Crippen LogP contribution in [0.4, 0.5) is 4.39 Å². The van der Waals surface area contributed by atoms with Crippen LogP contribution in [0.25, 0.3) is 0 Å². The Labute approximate surface area is 164 Å². The summed E-state index contributed by atoms with van der Waals surface area (Å²) in [6, 6.07) is 5.94. The lowest BCUT2D eigenvalue weighted by Crippen LogP contribution is -2.55. The molecule has 0 spiro atoms. The number of morpholine rings is 1. The Kier molecular flexibility index (Phi) is 7.22. The molecule has 1 aromatic carbocycles. The molecule has 1 aromatic rings.